The second kappa shape index (κ2) is 5.49. The highest BCUT2D eigenvalue weighted by atomic mass is 16.5. The summed E-state index contributed by atoms with van der Waals surface area (Å²) in [5.41, 5.74) is 1.43. The van der Waals surface area contributed by atoms with E-state index in [0.717, 1.165) is 30.6 Å². The summed E-state index contributed by atoms with van der Waals surface area (Å²) in [6.07, 6.45) is 5.54. The first kappa shape index (κ1) is 12.4. The Kier molecular flexibility index (Phi) is 3.77. The molecule has 0 atom stereocenters. The lowest BCUT2D eigenvalue weighted by Crippen LogP contribution is -2.00. The van der Waals surface area contributed by atoms with Gasteiger partial charge in [0.1, 0.15) is 11.6 Å². The number of hydrogen-bond acceptors (Lipinski definition) is 3. The van der Waals surface area contributed by atoms with Crippen LogP contribution in [0.25, 0.3) is 11.4 Å². The molecule has 0 saturated heterocycles. The molecule has 1 aromatic carbocycles. The summed E-state index contributed by atoms with van der Waals surface area (Å²) in [6, 6.07) is 5.44. The largest absolute Gasteiger partial charge is 0.497 e. The zero-order chi connectivity index (χ0) is 13.0. The van der Waals surface area contributed by atoms with Gasteiger partial charge in [-0.1, -0.05) is 6.92 Å². The van der Waals surface area contributed by atoms with Gasteiger partial charge in [-0.25, -0.2) is 4.98 Å². The lowest BCUT2D eigenvalue weighted by Gasteiger charge is -2.09. The van der Waals surface area contributed by atoms with Crippen LogP contribution in [0.4, 0.5) is 0 Å². The molecule has 0 unspecified atom stereocenters. The lowest BCUT2D eigenvalue weighted by atomic mass is 10.1. The molecule has 94 valence electrons. The van der Waals surface area contributed by atoms with E-state index in [1.54, 1.807) is 19.4 Å². The van der Waals surface area contributed by atoms with Crippen molar-refractivity contribution in [2.75, 3.05) is 7.11 Å². The molecule has 0 saturated carbocycles. The number of nitrogens with zero attached hydrogens (tertiary/aromatic N) is 2. The van der Waals surface area contributed by atoms with Crippen molar-refractivity contribution in [1.29, 1.82) is 0 Å². The molecule has 18 heavy (non-hydrogen) atoms. The van der Waals surface area contributed by atoms with Crippen molar-refractivity contribution in [3.63, 3.8) is 0 Å². The predicted molar refractivity (Wildman–Crippen MR) is 69.9 cm³/mol. The first-order valence-corrected chi connectivity index (χ1v) is 5.95. The lowest BCUT2D eigenvalue weighted by molar-refractivity contribution is 0.112. The van der Waals surface area contributed by atoms with Crippen LogP contribution >= 0.6 is 0 Å². The second-order valence-electron chi connectivity index (χ2n) is 4.02. The third kappa shape index (κ3) is 2.27. The molecule has 0 amide bonds. The topological polar surface area (TPSA) is 44.1 Å². The van der Waals surface area contributed by atoms with Crippen LogP contribution in [-0.2, 0) is 6.54 Å². The first-order valence-electron chi connectivity index (χ1n) is 5.95. The molecule has 0 fully saturated rings. The van der Waals surface area contributed by atoms with Gasteiger partial charge in [0.25, 0.3) is 0 Å². The van der Waals surface area contributed by atoms with Crippen LogP contribution in [0.1, 0.15) is 23.7 Å². The predicted octanol–water partition coefficient (Wildman–Crippen LogP) is 2.78. The molecule has 0 spiro atoms. The molecule has 0 N–H and O–H groups in total. The van der Waals surface area contributed by atoms with Crippen LogP contribution in [0.2, 0.25) is 0 Å². The number of imidazole rings is 1. The van der Waals surface area contributed by atoms with Crippen molar-refractivity contribution in [3.05, 3.63) is 36.2 Å². The molecular formula is C14H16N2O2. The smallest absolute Gasteiger partial charge is 0.150 e. The summed E-state index contributed by atoms with van der Waals surface area (Å²) < 4.78 is 7.17. The number of aromatic nitrogens is 2. The van der Waals surface area contributed by atoms with Crippen LogP contribution in [0.15, 0.2) is 30.6 Å². The number of carbonyl (C=O) groups is 1. The summed E-state index contributed by atoms with van der Waals surface area (Å²) in [6.45, 7) is 3.00. The summed E-state index contributed by atoms with van der Waals surface area (Å²) in [4.78, 5) is 15.5. The fourth-order valence-corrected chi connectivity index (χ4v) is 1.94. The maximum absolute atomic E-state index is 11.2. The van der Waals surface area contributed by atoms with E-state index < -0.39 is 0 Å². The number of methoxy groups -OCH3 is 1. The zero-order valence-corrected chi connectivity index (χ0v) is 10.6. The van der Waals surface area contributed by atoms with Gasteiger partial charge in [-0.05, 0) is 24.6 Å². The van der Waals surface area contributed by atoms with E-state index in [4.69, 9.17) is 4.74 Å². The minimum atomic E-state index is 0.595. The van der Waals surface area contributed by atoms with E-state index in [2.05, 4.69) is 16.5 Å². The highest BCUT2D eigenvalue weighted by Crippen LogP contribution is 2.25. The average molecular weight is 244 g/mol. The molecule has 0 aliphatic rings. The van der Waals surface area contributed by atoms with Gasteiger partial charge in [0.2, 0.25) is 0 Å². The van der Waals surface area contributed by atoms with Crippen LogP contribution < -0.4 is 4.74 Å². The van der Waals surface area contributed by atoms with Crippen LogP contribution in [-0.4, -0.2) is 22.9 Å². The van der Waals surface area contributed by atoms with Crippen LogP contribution in [0.5, 0.6) is 5.75 Å². The number of aldehydes is 1. The van der Waals surface area contributed by atoms with Gasteiger partial charge in [-0.3, -0.25) is 4.79 Å². The Morgan fingerprint density at radius 2 is 2.28 bits per heavy atom. The Morgan fingerprint density at radius 1 is 1.44 bits per heavy atom. The van der Waals surface area contributed by atoms with E-state index in [0.29, 0.717) is 11.3 Å². The molecule has 4 heteroatoms. The SMILES string of the molecule is CCCn1ccnc1-c1ccc(OC)cc1C=O. The van der Waals surface area contributed by atoms with E-state index in [1.807, 2.05) is 18.3 Å². The number of benzene rings is 1. The van der Waals surface area contributed by atoms with Gasteiger partial charge in [-0.2, -0.15) is 0 Å². The van der Waals surface area contributed by atoms with Crippen LogP contribution in [0, 0.1) is 0 Å². The third-order valence-electron chi connectivity index (χ3n) is 2.81. The molecule has 1 aromatic heterocycles. The molecule has 1 heterocycles. The van der Waals surface area contributed by atoms with Gasteiger partial charge in [0.05, 0.1) is 7.11 Å². The third-order valence-corrected chi connectivity index (χ3v) is 2.81. The van der Waals surface area contributed by atoms with Crippen molar-refractivity contribution in [1.82, 2.24) is 9.55 Å². The van der Waals surface area contributed by atoms with Crippen molar-refractivity contribution in [3.8, 4) is 17.1 Å². The minimum Gasteiger partial charge on any atom is -0.497 e. The Morgan fingerprint density at radius 3 is 2.94 bits per heavy atom. The summed E-state index contributed by atoms with van der Waals surface area (Å²) in [7, 11) is 1.58. The summed E-state index contributed by atoms with van der Waals surface area (Å²) >= 11 is 0. The minimum absolute atomic E-state index is 0.595. The zero-order valence-electron chi connectivity index (χ0n) is 10.6. The standard InChI is InChI=1S/C14H16N2O2/c1-3-7-16-8-6-15-14(16)13-5-4-12(18-2)9-11(13)10-17/h4-6,8-10H,3,7H2,1-2H3. The van der Waals surface area contributed by atoms with Crippen molar-refractivity contribution in [2.45, 2.75) is 19.9 Å². The van der Waals surface area contributed by atoms with Gasteiger partial charge in [-0.15, -0.1) is 0 Å². The molecule has 2 aromatic rings. The van der Waals surface area contributed by atoms with Gasteiger partial charge in [0.15, 0.2) is 6.29 Å². The molecule has 0 radical (unpaired) electrons. The van der Waals surface area contributed by atoms with Gasteiger partial charge in [0, 0.05) is 30.1 Å². The fourth-order valence-electron chi connectivity index (χ4n) is 1.94. The molecule has 0 aliphatic heterocycles. The molecule has 0 bridgehead atoms. The van der Waals surface area contributed by atoms with Gasteiger partial charge >= 0.3 is 0 Å². The Labute approximate surface area is 106 Å². The van der Waals surface area contributed by atoms with Crippen molar-refractivity contribution >= 4 is 6.29 Å². The van der Waals surface area contributed by atoms with E-state index in [-0.39, 0.29) is 0 Å². The monoisotopic (exact) mass is 244 g/mol. The number of carbonyl (C=O) groups excluding carboxylic acids is 1. The molecular weight excluding hydrogens is 228 g/mol. The fraction of sp³-hybridized carbons (Fsp3) is 0.286. The van der Waals surface area contributed by atoms with E-state index in [9.17, 15) is 4.79 Å². The van der Waals surface area contributed by atoms with Gasteiger partial charge < -0.3 is 9.30 Å². The number of rotatable bonds is 5. The number of ether oxygens (including phenoxy) is 1. The molecule has 2 rings (SSSR count). The highest BCUT2D eigenvalue weighted by molar-refractivity contribution is 5.86. The Hall–Kier alpha value is -2.10. The number of hydrogen-bond donors (Lipinski definition) is 0. The van der Waals surface area contributed by atoms with E-state index in [1.165, 1.54) is 0 Å². The molecule has 0 aliphatic carbocycles. The number of aryl methyl sites for hydroxylation is 1. The highest BCUT2D eigenvalue weighted by Gasteiger charge is 2.11. The van der Waals surface area contributed by atoms with Crippen molar-refractivity contribution in [2.24, 2.45) is 0 Å². The molecule has 4 nitrogen and oxygen atoms in total. The summed E-state index contributed by atoms with van der Waals surface area (Å²) in [5, 5.41) is 0. The maximum atomic E-state index is 11.2. The normalized spacial score (nSPS) is 10.3. The van der Waals surface area contributed by atoms with Crippen molar-refractivity contribution < 1.29 is 9.53 Å². The Bertz CT molecular complexity index is 546. The summed E-state index contributed by atoms with van der Waals surface area (Å²) in [5.74, 6) is 1.50. The Balaban J connectivity index is 2.49. The quantitative estimate of drug-likeness (QED) is 0.760. The van der Waals surface area contributed by atoms with Crippen LogP contribution in [0.3, 0.4) is 0 Å². The second-order valence-corrected chi connectivity index (χ2v) is 4.02. The first-order chi connectivity index (χ1) is 8.80. The van der Waals surface area contributed by atoms with E-state index >= 15 is 0 Å². The average Bonchev–Trinajstić information content (AvgIpc) is 2.86. The maximum Gasteiger partial charge on any atom is 0.150 e.